The Kier molecular flexibility index (Phi) is 7.92. The Labute approximate surface area is 268 Å². The van der Waals surface area contributed by atoms with E-state index in [9.17, 15) is 23.3 Å². The molecule has 3 aromatic rings. The van der Waals surface area contributed by atoms with Gasteiger partial charge in [0.1, 0.15) is 11.4 Å². The van der Waals surface area contributed by atoms with Gasteiger partial charge in [-0.15, -0.1) is 0 Å². The molecule has 0 radical (unpaired) electrons. The molecule has 7 rings (SSSR count). The van der Waals surface area contributed by atoms with Gasteiger partial charge in [0.15, 0.2) is 5.78 Å². The van der Waals surface area contributed by atoms with Crippen molar-refractivity contribution in [2.75, 3.05) is 26.2 Å². The number of piperidine rings is 2. The van der Waals surface area contributed by atoms with Crippen LogP contribution in [0.25, 0.3) is 0 Å². The van der Waals surface area contributed by atoms with Gasteiger partial charge in [0.25, 0.3) is 16.1 Å². The van der Waals surface area contributed by atoms with E-state index in [4.69, 9.17) is 0 Å². The van der Waals surface area contributed by atoms with Gasteiger partial charge >= 0.3 is 0 Å². The van der Waals surface area contributed by atoms with Crippen molar-refractivity contribution >= 4 is 21.9 Å². The number of ketones is 1. The van der Waals surface area contributed by atoms with Crippen LogP contribution >= 0.6 is 0 Å². The molecular weight excluding hydrogens is 602 g/mol. The van der Waals surface area contributed by atoms with Gasteiger partial charge in [0.2, 0.25) is 0 Å². The number of rotatable bonds is 9. The lowest BCUT2D eigenvalue weighted by atomic mass is 9.85. The summed E-state index contributed by atoms with van der Waals surface area (Å²) in [5.74, 6) is -0.0987. The van der Waals surface area contributed by atoms with Gasteiger partial charge in [0.05, 0.1) is 11.6 Å². The molecule has 1 aromatic carbocycles. The van der Waals surface area contributed by atoms with Crippen molar-refractivity contribution in [2.45, 2.75) is 43.7 Å². The Balaban J connectivity index is 1.22. The van der Waals surface area contributed by atoms with E-state index in [1.165, 1.54) is 6.08 Å². The Morgan fingerprint density at radius 1 is 0.891 bits per heavy atom. The van der Waals surface area contributed by atoms with Crippen molar-refractivity contribution in [3.05, 3.63) is 107 Å². The van der Waals surface area contributed by atoms with Crippen LogP contribution in [-0.4, -0.2) is 81.3 Å². The van der Waals surface area contributed by atoms with Crippen LogP contribution in [0.2, 0.25) is 0 Å². The molecule has 3 aliphatic heterocycles. The van der Waals surface area contributed by atoms with Gasteiger partial charge < -0.3 is 5.32 Å². The Hall–Kier alpha value is -4.44. The fourth-order valence-electron chi connectivity index (χ4n) is 7.30. The number of pyridine rings is 2. The predicted molar refractivity (Wildman–Crippen MR) is 169 cm³/mol. The fourth-order valence-corrected chi connectivity index (χ4v) is 9.07. The molecule has 46 heavy (non-hydrogen) atoms. The van der Waals surface area contributed by atoms with E-state index in [1.807, 2.05) is 24.3 Å². The second kappa shape index (κ2) is 12.1. The minimum Gasteiger partial charge on any atom is -0.357 e. The summed E-state index contributed by atoms with van der Waals surface area (Å²) in [4.78, 5) is 38.4. The fraction of sp³-hybridized carbons (Fsp3) is 0.382. The van der Waals surface area contributed by atoms with E-state index in [0.29, 0.717) is 56.0 Å². The third-order valence-electron chi connectivity index (χ3n) is 9.71. The molecule has 4 aliphatic rings. The van der Waals surface area contributed by atoms with E-state index >= 15 is 0 Å². The molecule has 4 fully saturated rings. The Bertz CT molecular complexity index is 1750. The van der Waals surface area contributed by atoms with Crippen molar-refractivity contribution in [1.29, 1.82) is 5.26 Å². The third-order valence-corrected chi connectivity index (χ3v) is 11.7. The average molecular weight is 638 g/mol. The molecule has 1 saturated carbocycles. The van der Waals surface area contributed by atoms with E-state index < -0.39 is 15.7 Å². The summed E-state index contributed by atoms with van der Waals surface area (Å²) in [6.07, 6.45) is 11.7. The highest BCUT2D eigenvalue weighted by atomic mass is 32.2. The SMILES string of the molecule is N#Cc1ccc(C(=O)/C=C2\NC(Cc3ccncc3)(Cc3ccncc3)C(=O)N2C2[C@H]3CN(S(=O)(=O)N4CCCCC4)C[C@@H]23)cc1. The van der Waals surface area contributed by atoms with Gasteiger partial charge in [0, 0.05) is 93.3 Å². The highest BCUT2D eigenvalue weighted by Gasteiger charge is 2.65. The third kappa shape index (κ3) is 5.59. The van der Waals surface area contributed by atoms with Crippen LogP contribution in [0.15, 0.2) is 85.2 Å². The summed E-state index contributed by atoms with van der Waals surface area (Å²) in [5.41, 5.74) is 1.58. The molecule has 1 amide bonds. The summed E-state index contributed by atoms with van der Waals surface area (Å²) < 4.78 is 30.0. The van der Waals surface area contributed by atoms with Crippen molar-refractivity contribution < 1.29 is 18.0 Å². The number of hydrogen-bond acceptors (Lipinski definition) is 8. The first-order valence-electron chi connectivity index (χ1n) is 15.7. The standard InChI is InChI=1S/C34H35N7O4S/c35-21-26-4-6-27(7-5-26)30(42)18-31-38-34(19-24-8-12-36-13-9-24,20-25-10-14-37-15-11-25)33(43)41(31)32-28-22-40(23-29(28)32)46(44,45)39-16-2-1-3-17-39/h4-15,18,28-29,32,38H,1-3,16-17,19-20,22-23H2/b31-18+/t28-,29+,32?. The summed E-state index contributed by atoms with van der Waals surface area (Å²) >= 11 is 0. The van der Waals surface area contributed by atoms with Crippen LogP contribution in [0.4, 0.5) is 0 Å². The van der Waals surface area contributed by atoms with E-state index in [-0.39, 0.29) is 29.6 Å². The Morgan fingerprint density at radius 2 is 1.46 bits per heavy atom. The number of allylic oxidation sites excluding steroid dienone is 1. The van der Waals surface area contributed by atoms with Gasteiger partial charge in [-0.05, 0) is 72.5 Å². The maximum Gasteiger partial charge on any atom is 0.281 e. The summed E-state index contributed by atoms with van der Waals surface area (Å²) in [7, 11) is -3.56. The Morgan fingerprint density at radius 3 is 2.00 bits per heavy atom. The van der Waals surface area contributed by atoms with Crippen molar-refractivity contribution in [3.63, 3.8) is 0 Å². The minimum atomic E-state index is -3.56. The summed E-state index contributed by atoms with van der Waals surface area (Å²) in [5, 5.41) is 12.7. The lowest BCUT2D eigenvalue weighted by Crippen LogP contribution is -2.51. The first kappa shape index (κ1) is 30.2. The number of amides is 1. The van der Waals surface area contributed by atoms with Gasteiger partial charge in [-0.3, -0.25) is 24.5 Å². The topological polar surface area (TPSA) is 140 Å². The number of benzene rings is 1. The summed E-state index contributed by atoms with van der Waals surface area (Å²) in [6.45, 7) is 1.78. The van der Waals surface area contributed by atoms with E-state index in [2.05, 4.69) is 21.4 Å². The van der Waals surface area contributed by atoms with Gasteiger partial charge in [-0.25, -0.2) is 0 Å². The first-order valence-corrected chi connectivity index (χ1v) is 17.1. The molecule has 11 nitrogen and oxygen atoms in total. The molecule has 2 aromatic heterocycles. The molecule has 1 N–H and O–H groups in total. The van der Waals surface area contributed by atoms with Crippen LogP contribution in [0, 0.1) is 23.2 Å². The van der Waals surface area contributed by atoms with Crippen molar-refractivity contribution in [3.8, 4) is 6.07 Å². The largest absolute Gasteiger partial charge is 0.357 e. The van der Waals surface area contributed by atoms with Crippen LogP contribution in [-0.2, 0) is 27.8 Å². The number of fused-ring (bicyclic) bond motifs is 1. The van der Waals surface area contributed by atoms with Crippen LogP contribution in [0.1, 0.15) is 46.3 Å². The zero-order valence-corrected chi connectivity index (χ0v) is 26.1. The average Bonchev–Trinajstić information content (AvgIpc) is 3.41. The molecule has 1 unspecified atom stereocenters. The first-order chi connectivity index (χ1) is 22.3. The molecule has 12 heteroatoms. The highest BCUT2D eigenvalue weighted by Crippen LogP contribution is 2.53. The molecule has 236 valence electrons. The van der Waals surface area contributed by atoms with Crippen molar-refractivity contribution in [1.82, 2.24) is 28.8 Å². The number of aromatic nitrogens is 2. The summed E-state index contributed by atoms with van der Waals surface area (Å²) in [6, 6.07) is 15.8. The van der Waals surface area contributed by atoms with Crippen molar-refractivity contribution in [2.24, 2.45) is 11.8 Å². The maximum absolute atomic E-state index is 14.8. The van der Waals surface area contributed by atoms with Crippen LogP contribution in [0.5, 0.6) is 0 Å². The molecule has 1 aliphatic carbocycles. The second-order valence-electron chi connectivity index (χ2n) is 12.6. The normalized spacial score (nSPS) is 25.2. The molecule has 3 saturated heterocycles. The van der Waals surface area contributed by atoms with Gasteiger partial charge in [-0.2, -0.15) is 22.3 Å². The molecule has 5 heterocycles. The zero-order chi connectivity index (χ0) is 31.9. The minimum absolute atomic E-state index is 0.0311. The van der Waals surface area contributed by atoms with Crippen LogP contribution < -0.4 is 5.32 Å². The second-order valence-corrected chi connectivity index (χ2v) is 14.6. The number of hydrogen-bond donors (Lipinski definition) is 1. The lowest BCUT2D eigenvalue weighted by Gasteiger charge is -2.32. The quantitative estimate of drug-likeness (QED) is 0.279. The van der Waals surface area contributed by atoms with Crippen LogP contribution in [0.3, 0.4) is 0 Å². The highest BCUT2D eigenvalue weighted by molar-refractivity contribution is 7.86. The number of carbonyl (C=O) groups is 2. The number of nitrogens with zero attached hydrogens (tertiary/aromatic N) is 6. The predicted octanol–water partition coefficient (Wildman–Crippen LogP) is 2.69. The molecule has 0 spiro atoms. The van der Waals surface area contributed by atoms with Gasteiger partial charge in [-0.1, -0.05) is 6.42 Å². The molecular formula is C34H35N7O4S. The lowest BCUT2D eigenvalue weighted by molar-refractivity contribution is -0.132. The zero-order valence-electron chi connectivity index (χ0n) is 25.3. The number of nitrogens with one attached hydrogen (secondary N) is 1. The van der Waals surface area contributed by atoms with E-state index in [0.717, 1.165) is 30.4 Å². The number of nitriles is 1. The smallest absolute Gasteiger partial charge is 0.281 e. The molecule has 0 bridgehead atoms. The molecule has 3 atom stereocenters. The number of carbonyl (C=O) groups excluding carboxylic acids is 2. The monoisotopic (exact) mass is 637 g/mol. The van der Waals surface area contributed by atoms with E-state index in [1.54, 1.807) is 62.6 Å². The maximum atomic E-state index is 14.8.